The number of benzene rings is 1. The number of nitrogens with zero attached hydrogens (tertiary/aromatic N) is 1. The van der Waals surface area contributed by atoms with Crippen LogP contribution in [0.4, 0.5) is 0 Å². The number of piperazine rings is 1. The zero-order valence-corrected chi connectivity index (χ0v) is 12.6. The summed E-state index contributed by atoms with van der Waals surface area (Å²) >= 11 is 0. The van der Waals surface area contributed by atoms with E-state index >= 15 is 0 Å². The van der Waals surface area contributed by atoms with Gasteiger partial charge in [-0.05, 0) is 12.1 Å². The molecule has 21 heavy (non-hydrogen) atoms. The normalized spacial score (nSPS) is 15.5. The first kappa shape index (κ1) is 15.6. The largest absolute Gasteiger partial charge is 0.496 e. The molecule has 2 rings (SSSR count). The van der Waals surface area contributed by atoms with Crippen molar-refractivity contribution in [1.29, 1.82) is 0 Å². The van der Waals surface area contributed by atoms with Crippen LogP contribution in [0.5, 0.6) is 11.5 Å². The fraction of sp³-hybridized carbons (Fsp3) is 0.533. The number of ether oxygens (including phenoxy) is 2. The molecule has 0 unspecified atom stereocenters. The van der Waals surface area contributed by atoms with E-state index in [0.29, 0.717) is 23.6 Å². The molecule has 1 saturated heterocycles. The van der Waals surface area contributed by atoms with Gasteiger partial charge in [-0.25, -0.2) is 0 Å². The highest BCUT2D eigenvalue weighted by atomic mass is 16.5. The summed E-state index contributed by atoms with van der Waals surface area (Å²) in [5.41, 5.74) is 0.447. The van der Waals surface area contributed by atoms with Crippen LogP contribution >= 0.6 is 0 Å². The Bertz CT molecular complexity index is 451. The van der Waals surface area contributed by atoms with E-state index in [0.717, 1.165) is 32.7 Å². The van der Waals surface area contributed by atoms with Crippen molar-refractivity contribution in [3.8, 4) is 11.5 Å². The van der Waals surface area contributed by atoms with Gasteiger partial charge in [-0.1, -0.05) is 6.07 Å². The van der Waals surface area contributed by atoms with Crippen LogP contribution in [-0.4, -0.2) is 64.3 Å². The van der Waals surface area contributed by atoms with Crippen LogP contribution in [0.25, 0.3) is 0 Å². The molecule has 0 radical (unpaired) electrons. The molecule has 1 aliphatic rings. The predicted octanol–water partition coefficient (Wildman–Crippen LogP) is 0.339. The van der Waals surface area contributed by atoms with Crippen LogP contribution in [0, 0.1) is 0 Å². The Morgan fingerprint density at radius 2 is 1.86 bits per heavy atom. The van der Waals surface area contributed by atoms with Crippen molar-refractivity contribution in [2.45, 2.75) is 0 Å². The van der Waals surface area contributed by atoms with Gasteiger partial charge in [-0.3, -0.25) is 9.69 Å². The monoisotopic (exact) mass is 293 g/mol. The number of carbonyl (C=O) groups excluding carboxylic acids is 1. The lowest BCUT2D eigenvalue weighted by molar-refractivity contribution is 0.0941. The van der Waals surface area contributed by atoms with Gasteiger partial charge in [0.2, 0.25) is 0 Å². The summed E-state index contributed by atoms with van der Waals surface area (Å²) < 4.78 is 10.5. The number of rotatable bonds is 6. The SMILES string of the molecule is COc1cccc(OC)c1C(=O)NCCN1CCNCC1. The average Bonchev–Trinajstić information content (AvgIpc) is 2.54. The summed E-state index contributed by atoms with van der Waals surface area (Å²) in [7, 11) is 3.10. The van der Waals surface area contributed by atoms with Gasteiger partial charge in [-0.2, -0.15) is 0 Å². The van der Waals surface area contributed by atoms with E-state index in [-0.39, 0.29) is 5.91 Å². The molecule has 1 heterocycles. The molecule has 0 aliphatic carbocycles. The molecule has 1 fully saturated rings. The van der Waals surface area contributed by atoms with Gasteiger partial charge in [0.1, 0.15) is 17.1 Å². The van der Waals surface area contributed by atoms with Crippen LogP contribution in [0.2, 0.25) is 0 Å². The van der Waals surface area contributed by atoms with E-state index in [1.807, 2.05) is 0 Å². The highest BCUT2D eigenvalue weighted by Gasteiger charge is 2.18. The van der Waals surface area contributed by atoms with Crippen molar-refractivity contribution >= 4 is 5.91 Å². The maximum absolute atomic E-state index is 12.3. The third-order valence-electron chi connectivity index (χ3n) is 3.58. The molecule has 0 aromatic heterocycles. The third-order valence-corrected chi connectivity index (χ3v) is 3.58. The maximum Gasteiger partial charge on any atom is 0.258 e. The van der Waals surface area contributed by atoms with Gasteiger partial charge >= 0.3 is 0 Å². The highest BCUT2D eigenvalue weighted by molar-refractivity contribution is 5.99. The van der Waals surface area contributed by atoms with Crippen molar-refractivity contribution in [2.24, 2.45) is 0 Å². The second-order valence-corrected chi connectivity index (χ2v) is 4.89. The summed E-state index contributed by atoms with van der Waals surface area (Å²) in [4.78, 5) is 14.7. The molecule has 0 bridgehead atoms. The predicted molar refractivity (Wildman–Crippen MR) is 81.2 cm³/mol. The number of nitrogens with one attached hydrogen (secondary N) is 2. The van der Waals surface area contributed by atoms with Gasteiger partial charge in [0, 0.05) is 39.3 Å². The van der Waals surface area contributed by atoms with E-state index < -0.39 is 0 Å². The summed E-state index contributed by atoms with van der Waals surface area (Å²) in [5.74, 6) is 0.877. The van der Waals surface area contributed by atoms with E-state index in [9.17, 15) is 4.79 Å². The minimum atomic E-state index is -0.167. The van der Waals surface area contributed by atoms with E-state index in [1.165, 1.54) is 0 Å². The van der Waals surface area contributed by atoms with Crippen LogP contribution in [-0.2, 0) is 0 Å². The lowest BCUT2D eigenvalue weighted by atomic mass is 10.1. The number of carbonyl (C=O) groups is 1. The maximum atomic E-state index is 12.3. The first-order valence-electron chi connectivity index (χ1n) is 7.18. The molecule has 1 aromatic rings. The fourth-order valence-electron chi connectivity index (χ4n) is 2.43. The minimum Gasteiger partial charge on any atom is -0.496 e. The average molecular weight is 293 g/mol. The number of amides is 1. The zero-order chi connectivity index (χ0) is 15.1. The molecule has 0 atom stereocenters. The minimum absolute atomic E-state index is 0.167. The van der Waals surface area contributed by atoms with Gasteiger partial charge in [0.25, 0.3) is 5.91 Å². The lowest BCUT2D eigenvalue weighted by Crippen LogP contribution is -2.46. The second kappa shape index (κ2) is 7.85. The Balaban J connectivity index is 1.93. The molecular formula is C15H23N3O3. The number of hydrogen-bond donors (Lipinski definition) is 2. The Kier molecular flexibility index (Phi) is 5.83. The molecule has 2 N–H and O–H groups in total. The topological polar surface area (TPSA) is 62.8 Å². The van der Waals surface area contributed by atoms with E-state index in [4.69, 9.17) is 9.47 Å². The van der Waals surface area contributed by atoms with Crippen molar-refractivity contribution in [1.82, 2.24) is 15.5 Å². The molecule has 0 saturated carbocycles. The summed E-state index contributed by atoms with van der Waals surface area (Å²) in [6, 6.07) is 5.32. The number of hydrogen-bond acceptors (Lipinski definition) is 5. The van der Waals surface area contributed by atoms with Crippen LogP contribution in [0.1, 0.15) is 10.4 Å². The first-order valence-corrected chi connectivity index (χ1v) is 7.18. The van der Waals surface area contributed by atoms with Gasteiger partial charge in [0.05, 0.1) is 14.2 Å². The molecule has 1 aromatic carbocycles. The summed E-state index contributed by atoms with van der Waals surface area (Å²) in [5, 5.41) is 6.24. The fourth-order valence-corrected chi connectivity index (χ4v) is 2.43. The first-order chi connectivity index (χ1) is 10.3. The molecular weight excluding hydrogens is 270 g/mol. The Morgan fingerprint density at radius 3 is 2.43 bits per heavy atom. The quantitative estimate of drug-likeness (QED) is 0.792. The zero-order valence-electron chi connectivity index (χ0n) is 12.6. The third kappa shape index (κ3) is 4.09. The molecule has 116 valence electrons. The number of methoxy groups -OCH3 is 2. The van der Waals surface area contributed by atoms with Gasteiger partial charge in [0.15, 0.2) is 0 Å². The molecule has 0 spiro atoms. The highest BCUT2D eigenvalue weighted by Crippen LogP contribution is 2.27. The summed E-state index contributed by atoms with van der Waals surface area (Å²) in [6.07, 6.45) is 0. The van der Waals surface area contributed by atoms with Crippen LogP contribution in [0.3, 0.4) is 0 Å². The van der Waals surface area contributed by atoms with Crippen LogP contribution in [0.15, 0.2) is 18.2 Å². The van der Waals surface area contributed by atoms with E-state index in [1.54, 1.807) is 32.4 Å². The Morgan fingerprint density at radius 1 is 1.24 bits per heavy atom. The molecule has 1 aliphatic heterocycles. The van der Waals surface area contributed by atoms with E-state index in [2.05, 4.69) is 15.5 Å². The molecule has 6 nitrogen and oxygen atoms in total. The molecule has 6 heteroatoms. The van der Waals surface area contributed by atoms with Gasteiger partial charge < -0.3 is 20.1 Å². The van der Waals surface area contributed by atoms with Crippen LogP contribution < -0.4 is 20.1 Å². The smallest absolute Gasteiger partial charge is 0.258 e. The van der Waals surface area contributed by atoms with Crippen molar-refractivity contribution in [2.75, 3.05) is 53.5 Å². The van der Waals surface area contributed by atoms with Crippen molar-refractivity contribution in [3.63, 3.8) is 0 Å². The Hall–Kier alpha value is -1.79. The lowest BCUT2D eigenvalue weighted by Gasteiger charge is -2.27. The molecule has 1 amide bonds. The second-order valence-electron chi connectivity index (χ2n) is 4.89. The Labute approximate surface area is 125 Å². The van der Waals surface area contributed by atoms with Crippen molar-refractivity contribution < 1.29 is 14.3 Å². The van der Waals surface area contributed by atoms with Crippen molar-refractivity contribution in [3.05, 3.63) is 23.8 Å². The standard InChI is InChI=1S/C15H23N3O3/c1-20-12-4-3-5-13(21-2)14(12)15(19)17-8-11-18-9-6-16-7-10-18/h3-5,16H,6-11H2,1-2H3,(H,17,19). The summed E-state index contributed by atoms with van der Waals surface area (Å²) in [6.45, 7) is 5.52. The van der Waals surface area contributed by atoms with Gasteiger partial charge in [-0.15, -0.1) is 0 Å².